The molecule has 116 valence electrons. The topological polar surface area (TPSA) is 102 Å². The fourth-order valence-corrected chi connectivity index (χ4v) is 2.45. The minimum absolute atomic E-state index is 0.163. The summed E-state index contributed by atoms with van der Waals surface area (Å²) in [6.45, 7) is 0.879. The highest BCUT2D eigenvalue weighted by Gasteiger charge is 2.27. The maximum absolute atomic E-state index is 12.3. The Labute approximate surface area is 126 Å². The zero-order chi connectivity index (χ0) is 15.7. The number of amides is 3. The van der Waals surface area contributed by atoms with Crippen molar-refractivity contribution in [3.63, 3.8) is 0 Å². The lowest BCUT2D eigenvalue weighted by molar-refractivity contribution is -0.133. The molecule has 1 saturated heterocycles. The number of nitrogens with two attached hydrogens (primary N) is 1. The molecule has 3 amide bonds. The van der Waals surface area contributed by atoms with Gasteiger partial charge in [0.2, 0.25) is 5.91 Å². The standard InChI is InChI=1S/C14H17N5O3/c1-18-11-3-2-10(6-9(11)7-16-18)17-14(21)19-4-5-22-12(8-19)13(15)20/h2-3,6-7,12H,4-5,8H2,1H3,(H2,15,20)(H,17,21)/t12-/m0/s1. The smallest absolute Gasteiger partial charge is 0.322 e. The van der Waals surface area contributed by atoms with Crippen LogP contribution in [0.4, 0.5) is 10.5 Å². The summed E-state index contributed by atoms with van der Waals surface area (Å²) in [5.41, 5.74) is 6.87. The van der Waals surface area contributed by atoms with Gasteiger partial charge in [-0.1, -0.05) is 0 Å². The number of urea groups is 1. The molecule has 2 heterocycles. The third kappa shape index (κ3) is 2.73. The van der Waals surface area contributed by atoms with Crippen LogP contribution in [0.3, 0.4) is 0 Å². The monoisotopic (exact) mass is 303 g/mol. The molecule has 22 heavy (non-hydrogen) atoms. The van der Waals surface area contributed by atoms with E-state index in [4.69, 9.17) is 10.5 Å². The van der Waals surface area contributed by atoms with E-state index in [0.717, 1.165) is 10.9 Å². The molecular formula is C14H17N5O3. The minimum atomic E-state index is -0.750. The van der Waals surface area contributed by atoms with Gasteiger partial charge in [-0.3, -0.25) is 9.48 Å². The van der Waals surface area contributed by atoms with Crippen LogP contribution in [0.15, 0.2) is 24.4 Å². The van der Waals surface area contributed by atoms with E-state index >= 15 is 0 Å². The second-order valence-electron chi connectivity index (χ2n) is 5.18. The Bertz CT molecular complexity index is 726. The summed E-state index contributed by atoms with van der Waals surface area (Å²) in [5.74, 6) is -0.561. The van der Waals surface area contributed by atoms with Crippen LogP contribution in [0.5, 0.6) is 0 Å². The molecule has 0 bridgehead atoms. The van der Waals surface area contributed by atoms with Crippen molar-refractivity contribution in [2.75, 3.05) is 25.0 Å². The third-order valence-corrected chi connectivity index (χ3v) is 3.67. The number of carbonyl (C=O) groups is 2. The zero-order valence-electron chi connectivity index (χ0n) is 12.2. The molecule has 0 spiro atoms. The Kier molecular flexibility index (Phi) is 3.68. The number of carbonyl (C=O) groups excluding carboxylic acids is 2. The van der Waals surface area contributed by atoms with E-state index in [1.165, 1.54) is 4.90 Å². The average Bonchev–Trinajstić information content (AvgIpc) is 2.88. The molecule has 0 saturated carbocycles. The number of hydrogen-bond donors (Lipinski definition) is 2. The van der Waals surface area contributed by atoms with Gasteiger partial charge in [0.25, 0.3) is 0 Å². The van der Waals surface area contributed by atoms with Gasteiger partial charge in [-0.15, -0.1) is 0 Å². The first-order chi connectivity index (χ1) is 10.5. The number of ether oxygens (including phenoxy) is 1. The van der Waals surface area contributed by atoms with E-state index in [1.807, 2.05) is 25.2 Å². The summed E-state index contributed by atoms with van der Waals surface area (Å²) in [4.78, 5) is 24.9. The molecule has 0 aliphatic carbocycles. The molecule has 1 atom stereocenters. The highest BCUT2D eigenvalue weighted by atomic mass is 16.5. The van der Waals surface area contributed by atoms with Crippen molar-refractivity contribution >= 4 is 28.5 Å². The molecule has 1 aliphatic heterocycles. The molecule has 3 rings (SSSR count). The fourth-order valence-electron chi connectivity index (χ4n) is 2.45. The molecule has 3 N–H and O–H groups in total. The summed E-state index contributed by atoms with van der Waals surface area (Å²) < 4.78 is 6.99. The normalized spacial score (nSPS) is 18.4. The Morgan fingerprint density at radius 2 is 2.27 bits per heavy atom. The van der Waals surface area contributed by atoms with E-state index in [-0.39, 0.29) is 12.6 Å². The number of hydrogen-bond acceptors (Lipinski definition) is 4. The van der Waals surface area contributed by atoms with Gasteiger partial charge in [-0.05, 0) is 18.2 Å². The number of morpholine rings is 1. The van der Waals surface area contributed by atoms with Gasteiger partial charge in [0, 0.05) is 24.7 Å². The number of aryl methyl sites for hydroxylation is 1. The van der Waals surface area contributed by atoms with Crippen molar-refractivity contribution in [1.82, 2.24) is 14.7 Å². The number of nitrogens with one attached hydrogen (secondary N) is 1. The minimum Gasteiger partial charge on any atom is -0.367 e. The number of anilines is 1. The second-order valence-corrected chi connectivity index (χ2v) is 5.18. The van der Waals surface area contributed by atoms with E-state index in [0.29, 0.717) is 18.8 Å². The van der Waals surface area contributed by atoms with E-state index in [2.05, 4.69) is 10.4 Å². The van der Waals surface area contributed by atoms with Gasteiger partial charge in [0.1, 0.15) is 0 Å². The van der Waals surface area contributed by atoms with Crippen molar-refractivity contribution in [3.05, 3.63) is 24.4 Å². The van der Waals surface area contributed by atoms with Crippen molar-refractivity contribution in [1.29, 1.82) is 0 Å². The van der Waals surface area contributed by atoms with Crippen LogP contribution in [0.2, 0.25) is 0 Å². The Morgan fingerprint density at radius 1 is 1.45 bits per heavy atom. The third-order valence-electron chi connectivity index (χ3n) is 3.67. The van der Waals surface area contributed by atoms with Gasteiger partial charge in [-0.25, -0.2) is 4.79 Å². The lowest BCUT2D eigenvalue weighted by atomic mass is 10.2. The van der Waals surface area contributed by atoms with Gasteiger partial charge in [0.05, 0.1) is 24.9 Å². The molecule has 2 aromatic rings. The van der Waals surface area contributed by atoms with Crippen LogP contribution < -0.4 is 11.1 Å². The second kappa shape index (κ2) is 5.64. The number of aromatic nitrogens is 2. The van der Waals surface area contributed by atoms with E-state index < -0.39 is 12.0 Å². The number of primary amides is 1. The molecule has 8 nitrogen and oxygen atoms in total. The van der Waals surface area contributed by atoms with Crippen LogP contribution in [0, 0.1) is 0 Å². The first kappa shape index (κ1) is 14.3. The van der Waals surface area contributed by atoms with Crippen LogP contribution >= 0.6 is 0 Å². The van der Waals surface area contributed by atoms with E-state index in [9.17, 15) is 9.59 Å². The number of rotatable bonds is 2. The Balaban J connectivity index is 1.71. The molecule has 8 heteroatoms. The highest BCUT2D eigenvalue weighted by molar-refractivity contribution is 5.93. The molecule has 0 unspecified atom stereocenters. The van der Waals surface area contributed by atoms with Crippen molar-refractivity contribution < 1.29 is 14.3 Å². The number of nitrogens with zero attached hydrogens (tertiary/aromatic N) is 3. The maximum Gasteiger partial charge on any atom is 0.322 e. The summed E-state index contributed by atoms with van der Waals surface area (Å²) in [7, 11) is 1.86. The Hall–Kier alpha value is -2.61. The van der Waals surface area contributed by atoms with Gasteiger partial charge in [-0.2, -0.15) is 5.10 Å². The maximum atomic E-state index is 12.3. The predicted octanol–water partition coefficient (Wildman–Crippen LogP) is 0.291. The number of benzene rings is 1. The summed E-state index contributed by atoms with van der Waals surface area (Å²) in [5, 5.41) is 7.92. The largest absolute Gasteiger partial charge is 0.367 e. The predicted molar refractivity (Wildman–Crippen MR) is 80.2 cm³/mol. The fraction of sp³-hybridized carbons (Fsp3) is 0.357. The van der Waals surface area contributed by atoms with Crippen LogP contribution in [0.25, 0.3) is 10.9 Å². The molecule has 1 aliphatic rings. The molecule has 0 radical (unpaired) electrons. The zero-order valence-corrected chi connectivity index (χ0v) is 12.2. The van der Waals surface area contributed by atoms with Crippen LogP contribution in [-0.4, -0.2) is 52.4 Å². The summed E-state index contributed by atoms with van der Waals surface area (Å²) in [6.07, 6.45) is 0.989. The average molecular weight is 303 g/mol. The first-order valence-corrected chi connectivity index (χ1v) is 6.93. The van der Waals surface area contributed by atoms with Gasteiger partial charge >= 0.3 is 6.03 Å². The Morgan fingerprint density at radius 3 is 3.05 bits per heavy atom. The molecule has 1 aromatic heterocycles. The van der Waals surface area contributed by atoms with Crippen LogP contribution in [-0.2, 0) is 16.6 Å². The quantitative estimate of drug-likeness (QED) is 0.832. The van der Waals surface area contributed by atoms with Crippen molar-refractivity contribution in [3.8, 4) is 0 Å². The summed E-state index contributed by atoms with van der Waals surface area (Å²) >= 11 is 0. The summed E-state index contributed by atoms with van der Waals surface area (Å²) in [6, 6.07) is 5.28. The van der Waals surface area contributed by atoms with Crippen molar-refractivity contribution in [2.24, 2.45) is 12.8 Å². The molecular weight excluding hydrogens is 286 g/mol. The van der Waals surface area contributed by atoms with Crippen LogP contribution in [0.1, 0.15) is 0 Å². The SMILES string of the molecule is Cn1ncc2cc(NC(=O)N3CCO[C@H](C(N)=O)C3)ccc21. The first-order valence-electron chi connectivity index (χ1n) is 6.93. The van der Waals surface area contributed by atoms with Gasteiger partial charge in [0.15, 0.2) is 6.10 Å². The van der Waals surface area contributed by atoms with Gasteiger partial charge < -0.3 is 20.7 Å². The lowest BCUT2D eigenvalue weighted by Gasteiger charge is -2.31. The van der Waals surface area contributed by atoms with Crippen molar-refractivity contribution in [2.45, 2.75) is 6.10 Å². The molecule has 1 fully saturated rings. The molecule has 1 aromatic carbocycles. The number of fused-ring (bicyclic) bond motifs is 1. The lowest BCUT2D eigenvalue weighted by Crippen LogP contribution is -2.51. The highest BCUT2D eigenvalue weighted by Crippen LogP contribution is 2.19. The van der Waals surface area contributed by atoms with E-state index in [1.54, 1.807) is 10.9 Å².